The molecular weight excluding hydrogens is 301 g/mol. The molecule has 1 aromatic carbocycles. The lowest BCUT2D eigenvalue weighted by Crippen LogP contribution is -2.29. The van der Waals surface area contributed by atoms with Gasteiger partial charge >= 0.3 is 0 Å². The molecule has 0 bridgehead atoms. The maximum atomic E-state index is 13.3. The predicted octanol–water partition coefficient (Wildman–Crippen LogP) is 1.46. The summed E-state index contributed by atoms with van der Waals surface area (Å²) in [6, 6.07) is 3.58. The third-order valence-corrected chi connectivity index (χ3v) is 3.62. The minimum absolute atomic E-state index is 0.346. The summed E-state index contributed by atoms with van der Waals surface area (Å²) in [5.41, 5.74) is 0. The molecule has 88 valence electrons. The summed E-state index contributed by atoms with van der Waals surface area (Å²) < 4.78 is 38.9. The van der Waals surface area contributed by atoms with Crippen LogP contribution in [0.1, 0.15) is 6.92 Å². The number of carbonyl (C=O) groups is 1. The lowest BCUT2D eigenvalue weighted by Gasteiger charge is -2.06. The maximum absolute atomic E-state index is 13.3. The van der Waals surface area contributed by atoms with Gasteiger partial charge in [-0.2, -0.15) is 0 Å². The first-order valence-corrected chi connectivity index (χ1v) is 6.54. The molecule has 0 aromatic heterocycles. The van der Waals surface area contributed by atoms with Crippen LogP contribution in [0.2, 0.25) is 0 Å². The van der Waals surface area contributed by atoms with Crippen molar-refractivity contribution in [1.29, 1.82) is 0 Å². The molecular formula is C9H9BrFNO3S. The quantitative estimate of drug-likeness (QED) is 0.915. The van der Waals surface area contributed by atoms with Crippen molar-refractivity contribution in [1.82, 2.24) is 4.72 Å². The second-order valence-corrected chi connectivity index (χ2v) is 5.75. The van der Waals surface area contributed by atoms with Crippen LogP contribution in [0.5, 0.6) is 0 Å². The first-order chi connectivity index (χ1) is 7.33. The van der Waals surface area contributed by atoms with Gasteiger partial charge in [0, 0.05) is 4.47 Å². The zero-order valence-corrected chi connectivity index (χ0v) is 10.7. The van der Waals surface area contributed by atoms with Gasteiger partial charge < -0.3 is 0 Å². The molecule has 0 aliphatic carbocycles. The van der Waals surface area contributed by atoms with Crippen LogP contribution in [0, 0.1) is 5.82 Å². The Morgan fingerprint density at radius 2 is 2.12 bits per heavy atom. The maximum Gasteiger partial charge on any atom is 0.243 e. The molecule has 0 unspecified atom stereocenters. The number of carbonyl (C=O) groups excluding carboxylic acids is 1. The molecule has 0 amide bonds. The first-order valence-electron chi connectivity index (χ1n) is 4.27. The number of Topliss-reactive ketones (excluding diaryl/α,β-unsaturated/α-hetero) is 1. The number of sulfonamides is 1. The highest BCUT2D eigenvalue weighted by atomic mass is 79.9. The van der Waals surface area contributed by atoms with E-state index in [0.717, 1.165) is 12.1 Å². The van der Waals surface area contributed by atoms with Gasteiger partial charge in [-0.25, -0.2) is 17.5 Å². The molecule has 1 rings (SSSR count). The van der Waals surface area contributed by atoms with Crippen LogP contribution in [0.15, 0.2) is 27.6 Å². The Balaban J connectivity index is 3.03. The summed E-state index contributed by atoms with van der Waals surface area (Å²) in [5, 5.41) is 0. The van der Waals surface area contributed by atoms with Crippen LogP contribution in [0.3, 0.4) is 0 Å². The van der Waals surface area contributed by atoms with E-state index in [1.807, 2.05) is 4.72 Å². The van der Waals surface area contributed by atoms with Gasteiger partial charge in [0.2, 0.25) is 10.0 Å². The van der Waals surface area contributed by atoms with Crippen molar-refractivity contribution in [2.24, 2.45) is 0 Å². The third kappa shape index (κ3) is 3.36. The van der Waals surface area contributed by atoms with E-state index in [1.165, 1.54) is 13.0 Å². The third-order valence-electron chi connectivity index (χ3n) is 1.69. The molecule has 16 heavy (non-hydrogen) atoms. The summed E-state index contributed by atoms with van der Waals surface area (Å²) in [6.07, 6.45) is 0. The highest BCUT2D eigenvalue weighted by Crippen LogP contribution is 2.18. The zero-order chi connectivity index (χ0) is 12.3. The topological polar surface area (TPSA) is 63.2 Å². The van der Waals surface area contributed by atoms with E-state index in [1.54, 1.807) is 0 Å². The van der Waals surface area contributed by atoms with Crippen molar-refractivity contribution in [2.75, 3.05) is 6.54 Å². The fourth-order valence-corrected chi connectivity index (χ4v) is 2.41. The van der Waals surface area contributed by atoms with E-state index in [9.17, 15) is 17.6 Å². The molecule has 0 saturated heterocycles. The average Bonchev–Trinajstić information content (AvgIpc) is 2.14. The summed E-state index contributed by atoms with van der Waals surface area (Å²) in [6.45, 7) is 0.887. The molecule has 4 nitrogen and oxygen atoms in total. The summed E-state index contributed by atoms with van der Waals surface area (Å²) in [4.78, 5) is 10.2. The van der Waals surface area contributed by atoms with Crippen molar-refractivity contribution in [3.05, 3.63) is 28.5 Å². The second kappa shape index (κ2) is 5.03. The molecule has 0 saturated carbocycles. The first kappa shape index (κ1) is 13.3. The van der Waals surface area contributed by atoms with Crippen LogP contribution in [0.4, 0.5) is 4.39 Å². The SMILES string of the molecule is CC(=O)CNS(=O)(=O)c1ccc(Br)cc1F. The van der Waals surface area contributed by atoms with Gasteiger partial charge in [0.15, 0.2) is 0 Å². The predicted molar refractivity (Wildman–Crippen MR) is 60.0 cm³/mol. The van der Waals surface area contributed by atoms with E-state index < -0.39 is 20.7 Å². The molecule has 0 aliphatic rings. The lowest BCUT2D eigenvalue weighted by atomic mass is 10.3. The normalized spacial score (nSPS) is 11.4. The Labute approximate surface area is 101 Å². The van der Waals surface area contributed by atoms with Crippen molar-refractivity contribution >= 4 is 31.7 Å². The number of hydrogen-bond donors (Lipinski definition) is 1. The molecule has 1 N–H and O–H groups in total. The Morgan fingerprint density at radius 1 is 1.50 bits per heavy atom. The summed E-state index contributed by atoms with van der Waals surface area (Å²) in [7, 11) is -3.97. The molecule has 0 aliphatic heterocycles. The Bertz CT molecular complexity index is 515. The van der Waals surface area contributed by atoms with Crippen LogP contribution in [-0.2, 0) is 14.8 Å². The minimum Gasteiger partial charge on any atom is -0.299 e. The highest BCUT2D eigenvalue weighted by molar-refractivity contribution is 9.10. The number of rotatable bonds is 4. The zero-order valence-electron chi connectivity index (χ0n) is 8.33. The van der Waals surface area contributed by atoms with Gasteiger partial charge in [-0.3, -0.25) is 4.79 Å². The van der Waals surface area contributed by atoms with E-state index in [4.69, 9.17) is 0 Å². The number of nitrogens with one attached hydrogen (secondary N) is 1. The van der Waals surface area contributed by atoms with Gasteiger partial charge in [0.25, 0.3) is 0 Å². The van der Waals surface area contributed by atoms with E-state index >= 15 is 0 Å². The number of ketones is 1. The Hall–Kier alpha value is -0.790. The average molecular weight is 310 g/mol. The van der Waals surface area contributed by atoms with Crippen molar-refractivity contribution < 1.29 is 17.6 Å². The van der Waals surface area contributed by atoms with E-state index in [2.05, 4.69) is 15.9 Å². The van der Waals surface area contributed by atoms with Gasteiger partial charge in [-0.1, -0.05) is 15.9 Å². The summed E-state index contributed by atoms with van der Waals surface area (Å²) in [5.74, 6) is -1.22. The minimum atomic E-state index is -3.97. The molecule has 7 heteroatoms. The van der Waals surface area contributed by atoms with Crippen molar-refractivity contribution in [3.63, 3.8) is 0 Å². The number of hydrogen-bond acceptors (Lipinski definition) is 3. The Kier molecular flexibility index (Phi) is 4.17. The van der Waals surface area contributed by atoms with Crippen molar-refractivity contribution in [3.8, 4) is 0 Å². The monoisotopic (exact) mass is 309 g/mol. The molecule has 0 spiro atoms. The van der Waals surface area contributed by atoms with E-state index in [-0.39, 0.29) is 12.3 Å². The number of benzene rings is 1. The standard InChI is InChI=1S/C9H9BrFNO3S/c1-6(13)5-12-16(14,15)9-3-2-7(10)4-8(9)11/h2-4,12H,5H2,1H3. The largest absolute Gasteiger partial charge is 0.299 e. The van der Waals surface area contributed by atoms with Crippen LogP contribution in [-0.4, -0.2) is 20.7 Å². The van der Waals surface area contributed by atoms with Crippen LogP contribution in [0.25, 0.3) is 0 Å². The lowest BCUT2D eigenvalue weighted by molar-refractivity contribution is -0.115. The van der Waals surface area contributed by atoms with Gasteiger partial charge in [0.1, 0.15) is 16.5 Å². The summed E-state index contributed by atoms with van der Waals surface area (Å²) >= 11 is 3.02. The van der Waals surface area contributed by atoms with Crippen LogP contribution >= 0.6 is 15.9 Å². The Morgan fingerprint density at radius 3 is 2.62 bits per heavy atom. The van der Waals surface area contributed by atoms with Crippen molar-refractivity contribution in [2.45, 2.75) is 11.8 Å². The molecule has 0 heterocycles. The van der Waals surface area contributed by atoms with Gasteiger partial charge in [-0.05, 0) is 25.1 Å². The fourth-order valence-electron chi connectivity index (χ4n) is 0.968. The second-order valence-electron chi connectivity index (χ2n) is 3.10. The fraction of sp³-hybridized carbons (Fsp3) is 0.222. The highest BCUT2D eigenvalue weighted by Gasteiger charge is 2.19. The van der Waals surface area contributed by atoms with Crippen LogP contribution < -0.4 is 4.72 Å². The van der Waals surface area contributed by atoms with E-state index in [0.29, 0.717) is 4.47 Å². The van der Waals surface area contributed by atoms with Gasteiger partial charge in [-0.15, -0.1) is 0 Å². The van der Waals surface area contributed by atoms with Gasteiger partial charge in [0.05, 0.1) is 6.54 Å². The smallest absolute Gasteiger partial charge is 0.243 e. The molecule has 0 atom stereocenters. The molecule has 0 radical (unpaired) electrons. The molecule has 0 fully saturated rings. The molecule has 1 aromatic rings. The number of halogens is 2.